The van der Waals surface area contributed by atoms with Gasteiger partial charge in [0.2, 0.25) is 5.91 Å². The number of hydrogen-bond acceptors (Lipinski definition) is 2. The topological polar surface area (TPSA) is 29.5 Å². The Morgan fingerprint density at radius 1 is 1.07 bits per heavy atom. The summed E-state index contributed by atoms with van der Waals surface area (Å²) in [5, 5.41) is 1.08. The molecule has 1 saturated heterocycles. The number of benzene rings is 2. The third-order valence-electron chi connectivity index (χ3n) is 5.02. The van der Waals surface area contributed by atoms with Gasteiger partial charge in [-0.15, -0.1) is 0 Å². The summed E-state index contributed by atoms with van der Waals surface area (Å²) in [5.74, 6) is 1.50. The summed E-state index contributed by atoms with van der Waals surface area (Å²) in [6.45, 7) is 2.19. The lowest BCUT2D eigenvalue weighted by Crippen LogP contribution is -2.38. The van der Waals surface area contributed by atoms with E-state index in [-0.39, 0.29) is 5.91 Å². The molecular weight excluding hydrogens is 381 g/mol. The quantitative estimate of drug-likeness (QED) is 0.558. The van der Waals surface area contributed by atoms with Gasteiger partial charge in [-0.05, 0) is 55.4 Å². The molecule has 0 saturated carbocycles. The summed E-state index contributed by atoms with van der Waals surface area (Å²) >= 11 is 12.0. The lowest BCUT2D eigenvalue weighted by molar-refractivity contribution is -0.132. The van der Waals surface area contributed by atoms with Crippen LogP contribution in [0.4, 0.5) is 0 Å². The molecule has 1 heterocycles. The molecule has 0 spiro atoms. The molecule has 1 fully saturated rings. The first kappa shape index (κ1) is 20.0. The van der Waals surface area contributed by atoms with E-state index in [1.165, 1.54) is 5.56 Å². The van der Waals surface area contributed by atoms with Crippen molar-refractivity contribution in [3.63, 3.8) is 0 Å². The maximum atomic E-state index is 12.4. The van der Waals surface area contributed by atoms with E-state index >= 15 is 0 Å². The number of piperidine rings is 1. The second-order valence-corrected chi connectivity index (χ2v) is 7.88. The Balaban J connectivity index is 1.34. The van der Waals surface area contributed by atoms with Gasteiger partial charge >= 0.3 is 0 Å². The Labute approximate surface area is 171 Å². The molecule has 0 atom stereocenters. The SMILES string of the molecule is O=C(CCCOc1ccc(Cl)cc1Cl)N1CCC(Cc2ccccc2)CC1. The summed E-state index contributed by atoms with van der Waals surface area (Å²) in [7, 11) is 0. The van der Waals surface area contributed by atoms with E-state index in [0.717, 1.165) is 32.4 Å². The van der Waals surface area contributed by atoms with E-state index in [1.54, 1.807) is 18.2 Å². The average molecular weight is 406 g/mol. The Bertz CT molecular complexity index is 743. The second kappa shape index (κ2) is 10.0. The van der Waals surface area contributed by atoms with Crippen molar-refractivity contribution in [1.29, 1.82) is 0 Å². The maximum Gasteiger partial charge on any atom is 0.222 e. The summed E-state index contributed by atoms with van der Waals surface area (Å²) in [6.07, 6.45) is 4.46. The van der Waals surface area contributed by atoms with E-state index in [4.69, 9.17) is 27.9 Å². The van der Waals surface area contributed by atoms with Crippen LogP contribution < -0.4 is 4.74 Å². The van der Waals surface area contributed by atoms with Crippen LogP contribution in [0.3, 0.4) is 0 Å². The van der Waals surface area contributed by atoms with E-state index in [9.17, 15) is 4.79 Å². The largest absolute Gasteiger partial charge is 0.492 e. The molecule has 3 rings (SSSR count). The number of rotatable bonds is 7. The fourth-order valence-electron chi connectivity index (χ4n) is 3.49. The van der Waals surface area contributed by atoms with Gasteiger partial charge in [-0.25, -0.2) is 0 Å². The molecule has 5 heteroatoms. The van der Waals surface area contributed by atoms with Crippen LogP contribution in [0.2, 0.25) is 10.0 Å². The predicted octanol–water partition coefficient (Wildman–Crippen LogP) is 5.63. The minimum absolute atomic E-state index is 0.221. The normalized spacial score (nSPS) is 15.0. The van der Waals surface area contributed by atoms with Crippen molar-refractivity contribution in [2.45, 2.75) is 32.1 Å². The van der Waals surface area contributed by atoms with Crippen LogP contribution in [0.15, 0.2) is 48.5 Å². The van der Waals surface area contributed by atoms with Gasteiger partial charge in [0, 0.05) is 24.5 Å². The van der Waals surface area contributed by atoms with Gasteiger partial charge in [-0.3, -0.25) is 4.79 Å². The molecule has 1 aliphatic rings. The van der Waals surface area contributed by atoms with Crippen molar-refractivity contribution in [2.24, 2.45) is 5.92 Å². The lowest BCUT2D eigenvalue weighted by Gasteiger charge is -2.32. The Kier molecular flexibility index (Phi) is 7.42. The van der Waals surface area contributed by atoms with E-state index in [0.29, 0.717) is 41.2 Å². The molecule has 3 nitrogen and oxygen atoms in total. The number of carbonyl (C=O) groups excluding carboxylic acids is 1. The van der Waals surface area contributed by atoms with Gasteiger partial charge < -0.3 is 9.64 Å². The van der Waals surface area contributed by atoms with Crippen LogP contribution in [0.1, 0.15) is 31.2 Å². The zero-order chi connectivity index (χ0) is 19.1. The van der Waals surface area contributed by atoms with Crippen LogP contribution in [0.25, 0.3) is 0 Å². The number of halogens is 2. The van der Waals surface area contributed by atoms with Gasteiger partial charge in [0.15, 0.2) is 0 Å². The van der Waals surface area contributed by atoms with Crippen molar-refractivity contribution >= 4 is 29.1 Å². The third-order valence-corrected chi connectivity index (χ3v) is 5.55. The fraction of sp³-hybridized carbons (Fsp3) is 0.409. The number of carbonyl (C=O) groups is 1. The number of hydrogen-bond donors (Lipinski definition) is 0. The Morgan fingerprint density at radius 3 is 2.52 bits per heavy atom. The van der Waals surface area contributed by atoms with Crippen molar-refractivity contribution in [1.82, 2.24) is 4.90 Å². The Morgan fingerprint density at radius 2 is 1.81 bits per heavy atom. The molecule has 27 heavy (non-hydrogen) atoms. The van der Waals surface area contributed by atoms with Crippen LogP contribution in [-0.2, 0) is 11.2 Å². The summed E-state index contributed by atoms with van der Waals surface area (Å²) < 4.78 is 5.65. The minimum Gasteiger partial charge on any atom is -0.492 e. The fourth-order valence-corrected chi connectivity index (χ4v) is 3.95. The van der Waals surface area contributed by atoms with Gasteiger partial charge in [-0.2, -0.15) is 0 Å². The minimum atomic E-state index is 0.221. The van der Waals surface area contributed by atoms with Gasteiger partial charge in [0.05, 0.1) is 11.6 Å². The van der Waals surface area contributed by atoms with Crippen LogP contribution in [0, 0.1) is 5.92 Å². The van der Waals surface area contributed by atoms with Gasteiger partial charge in [0.25, 0.3) is 0 Å². The zero-order valence-electron chi connectivity index (χ0n) is 15.4. The van der Waals surface area contributed by atoms with Crippen molar-refractivity contribution in [3.05, 3.63) is 64.1 Å². The molecule has 0 bridgehead atoms. The summed E-state index contributed by atoms with van der Waals surface area (Å²) in [5.41, 5.74) is 1.39. The number of amides is 1. The molecule has 0 radical (unpaired) electrons. The van der Waals surface area contributed by atoms with Gasteiger partial charge in [-0.1, -0.05) is 53.5 Å². The molecule has 144 valence electrons. The first-order valence-electron chi connectivity index (χ1n) is 9.51. The molecular formula is C22H25Cl2NO2. The standard InChI is InChI=1S/C22H25Cl2NO2/c23-19-8-9-21(20(24)16-19)27-14-4-7-22(26)25-12-10-18(11-13-25)15-17-5-2-1-3-6-17/h1-3,5-6,8-9,16,18H,4,7,10-15H2. The molecule has 2 aromatic rings. The summed E-state index contributed by atoms with van der Waals surface area (Å²) in [6, 6.07) is 15.8. The van der Waals surface area contributed by atoms with Crippen molar-refractivity contribution < 1.29 is 9.53 Å². The highest BCUT2D eigenvalue weighted by Gasteiger charge is 2.22. The highest BCUT2D eigenvalue weighted by atomic mass is 35.5. The van der Waals surface area contributed by atoms with Crippen molar-refractivity contribution in [3.8, 4) is 5.75 Å². The smallest absolute Gasteiger partial charge is 0.222 e. The molecule has 1 aliphatic heterocycles. The highest BCUT2D eigenvalue weighted by Crippen LogP contribution is 2.27. The van der Waals surface area contributed by atoms with Crippen molar-refractivity contribution in [2.75, 3.05) is 19.7 Å². The molecule has 2 aromatic carbocycles. The average Bonchev–Trinajstić information content (AvgIpc) is 2.68. The van der Waals surface area contributed by atoms with E-state index in [1.807, 2.05) is 4.90 Å². The number of ether oxygens (including phenoxy) is 1. The van der Waals surface area contributed by atoms with Crippen LogP contribution in [0.5, 0.6) is 5.75 Å². The lowest BCUT2D eigenvalue weighted by atomic mass is 9.90. The molecule has 0 unspecified atom stereocenters. The molecule has 0 aliphatic carbocycles. The maximum absolute atomic E-state index is 12.4. The van der Waals surface area contributed by atoms with E-state index in [2.05, 4.69) is 30.3 Å². The highest BCUT2D eigenvalue weighted by molar-refractivity contribution is 6.35. The van der Waals surface area contributed by atoms with Crippen LogP contribution >= 0.6 is 23.2 Å². The monoisotopic (exact) mass is 405 g/mol. The number of nitrogens with zero attached hydrogens (tertiary/aromatic N) is 1. The Hall–Kier alpha value is -1.71. The molecule has 0 aromatic heterocycles. The molecule has 0 N–H and O–H groups in total. The first-order valence-corrected chi connectivity index (χ1v) is 10.3. The van der Waals surface area contributed by atoms with E-state index < -0.39 is 0 Å². The first-order chi connectivity index (χ1) is 13.1. The second-order valence-electron chi connectivity index (χ2n) is 7.04. The summed E-state index contributed by atoms with van der Waals surface area (Å²) in [4.78, 5) is 14.4. The van der Waals surface area contributed by atoms with Gasteiger partial charge in [0.1, 0.15) is 5.75 Å². The number of likely N-dealkylation sites (tertiary alicyclic amines) is 1. The zero-order valence-corrected chi connectivity index (χ0v) is 16.9. The predicted molar refractivity (Wildman–Crippen MR) is 111 cm³/mol. The third kappa shape index (κ3) is 6.15. The molecule has 1 amide bonds. The van der Waals surface area contributed by atoms with Crippen LogP contribution in [-0.4, -0.2) is 30.5 Å².